The Balaban J connectivity index is 2.25. The molecule has 0 aromatic heterocycles. The van der Waals surface area contributed by atoms with Crippen LogP contribution >= 0.6 is 12.2 Å². The Kier molecular flexibility index (Phi) is 8.38. The third kappa shape index (κ3) is 5.97. The number of nitrogens with two attached hydrogens (primary N) is 1. The van der Waals surface area contributed by atoms with Crippen LogP contribution in [0.4, 0.5) is 4.39 Å². The Labute approximate surface area is 126 Å². The molecular formula is C16H24FNOS. The number of halogens is 1. The molecule has 0 saturated heterocycles. The van der Waals surface area contributed by atoms with Crippen LogP contribution in [0, 0.1) is 5.82 Å². The highest BCUT2D eigenvalue weighted by Crippen LogP contribution is 2.14. The Bertz CT molecular complexity index is 423. The van der Waals surface area contributed by atoms with Gasteiger partial charge in [-0.2, -0.15) is 0 Å². The third-order valence-electron chi connectivity index (χ3n) is 3.24. The van der Waals surface area contributed by atoms with E-state index in [4.69, 9.17) is 22.7 Å². The Morgan fingerprint density at radius 2 is 1.90 bits per heavy atom. The third-order valence-corrected chi connectivity index (χ3v) is 3.46. The molecule has 20 heavy (non-hydrogen) atoms. The first kappa shape index (κ1) is 17.1. The zero-order valence-electron chi connectivity index (χ0n) is 12.2. The summed E-state index contributed by atoms with van der Waals surface area (Å²) in [4.78, 5) is 0.0836. The van der Waals surface area contributed by atoms with Gasteiger partial charge in [0.2, 0.25) is 0 Å². The summed E-state index contributed by atoms with van der Waals surface area (Å²) in [5, 5.41) is 0. The molecule has 0 spiro atoms. The van der Waals surface area contributed by atoms with Crippen molar-refractivity contribution in [3.8, 4) is 0 Å². The molecule has 1 aromatic rings. The highest BCUT2D eigenvalue weighted by Gasteiger charge is 2.09. The molecule has 0 atom stereocenters. The van der Waals surface area contributed by atoms with Gasteiger partial charge < -0.3 is 10.5 Å². The van der Waals surface area contributed by atoms with Gasteiger partial charge in [-0.05, 0) is 12.5 Å². The van der Waals surface area contributed by atoms with E-state index in [-0.39, 0.29) is 17.4 Å². The predicted molar refractivity (Wildman–Crippen MR) is 85.3 cm³/mol. The lowest BCUT2D eigenvalue weighted by Crippen LogP contribution is -2.13. The van der Waals surface area contributed by atoms with Crippen molar-refractivity contribution in [2.45, 2.75) is 52.1 Å². The zero-order chi connectivity index (χ0) is 14.8. The molecular weight excluding hydrogens is 273 g/mol. The van der Waals surface area contributed by atoms with Crippen molar-refractivity contribution in [2.24, 2.45) is 5.73 Å². The maximum atomic E-state index is 14.0. The second kappa shape index (κ2) is 9.83. The van der Waals surface area contributed by atoms with Gasteiger partial charge in [0.05, 0.1) is 6.61 Å². The fourth-order valence-corrected chi connectivity index (χ4v) is 2.21. The minimum atomic E-state index is -0.358. The van der Waals surface area contributed by atoms with Crippen molar-refractivity contribution in [3.63, 3.8) is 0 Å². The van der Waals surface area contributed by atoms with E-state index in [1.54, 1.807) is 18.2 Å². The number of hydrogen-bond donors (Lipinski definition) is 1. The molecule has 1 aromatic carbocycles. The maximum absolute atomic E-state index is 14.0. The van der Waals surface area contributed by atoms with Gasteiger partial charge in [-0.25, -0.2) is 4.39 Å². The summed E-state index contributed by atoms with van der Waals surface area (Å²) in [5.41, 5.74) is 6.28. The highest BCUT2D eigenvalue weighted by atomic mass is 32.1. The zero-order valence-corrected chi connectivity index (χ0v) is 13.0. The van der Waals surface area contributed by atoms with Gasteiger partial charge in [0.25, 0.3) is 0 Å². The summed E-state index contributed by atoms with van der Waals surface area (Å²) in [6, 6.07) is 5.05. The van der Waals surface area contributed by atoms with E-state index in [1.165, 1.54) is 32.1 Å². The SMILES string of the molecule is CCCCCCCCOCc1cccc(C(N)=S)c1F. The Morgan fingerprint density at radius 1 is 1.20 bits per heavy atom. The summed E-state index contributed by atoms with van der Waals surface area (Å²) in [6.07, 6.45) is 7.31. The number of thiocarbonyl (C=S) groups is 1. The second-order valence-corrected chi connectivity index (χ2v) is 5.40. The molecule has 0 saturated carbocycles. The van der Waals surface area contributed by atoms with Crippen molar-refractivity contribution >= 4 is 17.2 Å². The van der Waals surface area contributed by atoms with E-state index in [2.05, 4.69) is 6.92 Å². The topological polar surface area (TPSA) is 35.2 Å². The first-order chi connectivity index (χ1) is 9.66. The van der Waals surface area contributed by atoms with E-state index < -0.39 is 0 Å². The van der Waals surface area contributed by atoms with Crippen molar-refractivity contribution in [1.29, 1.82) is 0 Å². The van der Waals surface area contributed by atoms with Crippen LogP contribution in [0.3, 0.4) is 0 Å². The molecule has 1 rings (SSSR count). The van der Waals surface area contributed by atoms with Gasteiger partial charge in [-0.3, -0.25) is 0 Å². The van der Waals surface area contributed by atoms with E-state index in [0.29, 0.717) is 17.7 Å². The lowest BCUT2D eigenvalue weighted by Gasteiger charge is -2.08. The molecule has 0 bridgehead atoms. The molecule has 0 heterocycles. The van der Waals surface area contributed by atoms with Crippen LogP contribution in [-0.4, -0.2) is 11.6 Å². The quantitative estimate of drug-likeness (QED) is 0.515. The van der Waals surface area contributed by atoms with Crippen molar-refractivity contribution in [1.82, 2.24) is 0 Å². The van der Waals surface area contributed by atoms with E-state index in [1.807, 2.05) is 0 Å². The van der Waals surface area contributed by atoms with Crippen LogP contribution in [0.5, 0.6) is 0 Å². The fourth-order valence-electron chi connectivity index (χ4n) is 2.05. The van der Waals surface area contributed by atoms with Crippen LogP contribution in [0.2, 0.25) is 0 Å². The molecule has 0 unspecified atom stereocenters. The van der Waals surface area contributed by atoms with Crippen LogP contribution in [0.25, 0.3) is 0 Å². The van der Waals surface area contributed by atoms with E-state index >= 15 is 0 Å². The minimum Gasteiger partial charge on any atom is -0.389 e. The summed E-state index contributed by atoms with van der Waals surface area (Å²) < 4.78 is 19.5. The molecule has 0 aliphatic rings. The summed E-state index contributed by atoms with van der Waals surface area (Å²) in [7, 11) is 0. The summed E-state index contributed by atoms with van der Waals surface area (Å²) >= 11 is 4.81. The standard InChI is InChI=1S/C16H24FNOS/c1-2-3-4-5-6-7-11-19-12-13-9-8-10-14(15(13)17)16(18)20/h8-10H,2-7,11-12H2,1H3,(H2,18,20). The van der Waals surface area contributed by atoms with Gasteiger partial charge in [0.1, 0.15) is 10.8 Å². The number of ether oxygens (including phenoxy) is 1. The largest absolute Gasteiger partial charge is 0.389 e. The van der Waals surface area contributed by atoms with Gasteiger partial charge >= 0.3 is 0 Å². The van der Waals surface area contributed by atoms with Crippen LogP contribution < -0.4 is 5.73 Å². The minimum absolute atomic E-state index is 0.0836. The molecule has 0 aliphatic carbocycles. The molecule has 0 amide bonds. The number of rotatable bonds is 10. The van der Waals surface area contributed by atoms with Gasteiger partial charge in [0.15, 0.2) is 0 Å². The first-order valence-electron chi connectivity index (χ1n) is 7.31. The van der Waals surface area contributed by atoms with Crippen molar-refractivity contribution in [2.75, 3.05) is 6.61 Å². The van der Waals surface area contributed by atoms with Gasteiger partial charge in [0, 0.05) is 17.7 Å². The average molecular weight is 297 g/mol. The van der Waals surface area contributed by atoms with E-state index in [9.17, 15) is 4.39 Å². The molecule has 2 nitrogen and oxygen atoms in total. The highest BCUT2D eigenvalue weighted by molar-refractivity contribution is 7.80. The number of hydrogen-bond acceptors (Lipinski definition) is 2. The lowest BCUT2D eigenvalue weighted by atomic mass is 10.1. The lowest BCUT2D eigenvalue weighted by molar-refractivity contribution is 0.114. The number of benzene rings is 1. The van der Waals surface area contributed by atoms with Crippen molar-refractivity contribution in [3.05, 3.63) is 35.1 Å². The predicted octanol–water partition coefficient (Wildman–Crippen LogP) is 4.34. The second-order valence-electron chi connectivity index (χ2n) is 4.96. The molecule has 0 aliphatic heterocycles. The maximum Gasteiger partial charge on any atom is 0.138 e. The smallest absolute Gasteiger partial charge is 0.138 e. The van der Waals surface area contributed by atoms with Crippen LogP contribution in [-0.2, 0) is 11.3 Å². The number of unbranched alkanes of at least 4 members (excludes halogenated alkanes) is 5. The fraction of sp³-hybridized carbons (Fsp3) is 0.562. The van der Waals surface area contributed by atoms with Crippen molar-refractivity contribution < 1.29 is 9.13 Å². The Morgan fingerprint density at radius 3 is 2.60 bits per heavy atom. The normalized spacial score (nSPS) is 10.7. The molecule has 0 radical (unpaired) electrons. The van der Waals surface area contributed by atoms with E-state index in [0.717, 1.165) is 6.42 Å². The molecule has 112 valence electrons. The summed E-state index contributed by atoms with van der Waals surface area (Å²) in [5.74, 6) is -0.358. The molecule has 0 fully saturated rings. The Hall–Kier alpha value is -1.00. The first-order valence-corrected chi connectivity index (χ1v) is 7.72. The average Bonchev–Trinajstić information content (AvgIpc) is 2.43. The summed E-state index contributed by atoms with van der Waals surface area (Å²) in [6.45, 7) is 3.15. The molecule has 4 heteroatoms. The molecule has 2 N–H and O–H groups in total. The van der Waals surface area contributed by atoms with Gasteiger partial charge in [-0.1, -0.05) is 63.4 Å². The van der Waals surface area contributed by atoms with Crippen LogP contribution in [0.1, 0.15) is 56.6 Å². The van der Waals surface area contributed by atoms with Gasteiger partial charge in [-0.15, -0.1) is 0 Å². The van der Waals surface area contributed by atoms with Crippen LogP contribution in [0.15, 0.2) is 18.2 Å². The monoisotopic (exact) mass is 297 g/mol.